The molecule has 38 heavy (non-hydrogen) atoms. The fourth-order valence-electron chi connectivity index (χ4n) is 6.47. The van der Waals surface area contributed by atoms with Crippen LogP contribution in [0.4, 0.5) is 0 Å². The lowest BCUT2D eigenvalue weighted by Gasteiger charge is -2.38. The summed E-state index contributed by atoms with van der Waals surface area (Å²) in [6.07, 6.45) is 7.67. The maximum Gasteiger partial charge on any atom is 0.238 e. The van der Waals surface area contributed by atoms with E-state index in [2.05, 4.69) is 62.4 Å². The van der Waals surface area contributed by atoms with E-state index in [1.165, 1.54) is 10.5 Å². The summed E-state index contributed by atoms with van der Waals surface area (Å²) in [6.45, 7) is 11.4. The van der Waals surface area contributed by atoms with Crippen molar-refractivity contribution in [1.29, 1.82) is 0 Å². The second kappa shape index (κ2) is 10.3. The Morgan fingerprint density at radius 1 is 1.00 bits per heavy atom. The first kappa shape index (κ1) is 26.6. The number of hydrogen-bond acceptors (Lipinski definition) is 6. The molecule has 8 heteroatoms. The van der Waals surface area contributed by atoms with Gasteiger partial charge >= 0.3 is 0 Å². The number of carbonyl (C=O) groups is 3. The van der Waals surface area contributed by atoms with E-state index in [0.29, 0.717) is 13.1 Å². The summed E-state index contributed by atoms with van der Waals surface area (Å²) in [6, 6.07) is 7.20. The van der Waals surface area contributed by atoms with E-state index in [0.717, 1.165) is 37.0 Å². The van der Waals surface area contributed by atoms with Crippen molar-refractivity contribution in [3.63, 3.8) is 0 Å². The Morgan fingerprint density at radius 3 is 2.37 bits per heavy atom. The van der Waals surface area contributed by atoms with Crippen LogP contribution in [-0.2, 0) is 24.6 Å². The fourth-order valence-corrected chi connectivity index (χ4v) is 6.47. The molecule has 4 aliphatic heterocycles. The van der Waals surface area contributed by atoms with E-state index >= 15 is 0 Å². The number of benzene rings is 1. The lowest BCUT2D eigenvalue weighted by Crippen LogP contribution is -2.57. The molecule has 0 aliphatic carbocycles. The van der Waals surface area contributed by atoms with Gasteiger partial charge in [0.05, 0.1) is 23.5 Å². The van der Waals surface area contributed by atoms with E-state index in [4.69, 9.17) is 4.84 Å². The Balaban J connectivity index is 1.42. The van der Waals surface area contributed by atoms with E-state index in [-0.39, 0.29) is 35.1 Å². The average Bonchev–Trinajstić information content (AvgIpc) is 3.54. The molecule has 4 aliphatic rings. The zero-order valence-corrected chi connectivity index (χ0v) is 23.1. The molecule has 1 N–H and O–H groups in total. The molecule has 204 valence electrons. The Kier molecular flexibility index (Phi) is 7.20. The largest absolute Gasteiger partial charge is 0.375 e. The number of likely N-dealkylation sites (tertiary alicyclic amines) is 1. The van der Waals surface area contributed by atoms with Crippen molar-refractivity contribution in [3.05, 3.63) is 47.5 Å². The van der Waals surface area contributed by atoms with Gasteiger partial charge in [-0.05, 0) is 24.3 Å². The van der Waals surface area contributed by atoms with Crippen LogP contribution in [0.5, 0.6) is 0 Å². The molecule has 3 amide bonds. The molecule has 0 bridgehead atoms. The number of hydrogen-bond donors (Lipinski definition) is 1. The molecule has 2 fully saturated rings. The van der Waals surface area contributed by atoms with Gasteiger partial charge in [0, 0.05) is 24.7 Å². The normalized spacial score (nSPS) is 30.1. The van der Waals surface area contributed by atoms with Crippen LogP contribution in [0.1, 0.15) is 71.4 Å². The SMILES string of the molecule is CCCCCCNC(=O)[C@@H]1[C@H]2C(=O)N(CC)C(=O)[C@H]2C2C=C[C@@H]3C(c4ccc(C(C)(C)C)cc4)=NO[C@@H]3N21. The van der Waals surface area contributed by atoms with Crippen molar-refractivity contribution in [2.45, 2.75) is 84.0 Å². The van der Waals surface area contributed by atoms with Gasteiger partial charge in [0.2, 0.25) is 17.7 Å². The van der Waals surface area contributed by atoms with Gasteiger partial charge in [-0.1, -0.05) is 88.5 Å². The quantitative estimate of drug-likeness (QED) is 0.321. The zero-order chi connectivity index (χ0) is 27.2. The number of carbonyl (C=O) groups excluding carboxylic acids is 3. The highest BCUT2D eigenvalue weighted by atomic mass is 16.7. The molecule has 6 atom stereocenters. The molecule has 0 saturated carbocycles. The van der Waals surface area contributed by atoms with Crippen LogP contribution >= 0.6 is 0 Å². The van der Waals surface area contributed by atoms with Gasteiger partial charge in [-0.3, -0.25) is 19.3 Å². The molecular weight excluding hydrogens is 480 g/mol. The highest BCUT2D eigenvalue weighted by Gasteiger charge is 2.66. The van der Waals surface area contributed by atoms with Gasteiger partial charge in [-0.15, -0.1) is 0 Å². The van der Waals surface area contributed by atoms with Crippen LogP contribution in [-0.4, -0.2) is 64.6 Å². The predicted molar refractivity (Wildman–Crippen MR) is 145 cm³/mol. The van der Waals surface area contributed by atoms with Crippen LogP contribution in [0.2, 0.25) is 0 Å². The third-order valence-corrected chi connectivity index (χ3v) is 8.52. The van der Waals surface area contributed by atoms with Crippen LogP contribution < -0.4 is 5.32 Å². The molecular formula is C30H40N4O4. The number of nitrogens with zero attached hydrogens (tertiary/aromatic N) is 3. The zero-order valence-electron chi connectivity index (χ0n) is 23.1. The Hall–Kier alpha value is -3.00. The van der Waals surface area contributed by atoms with Crippen molar-refractivity contribution in [3.8, 4) is 0 Å². The lowest BCUT2D eigenvalue weighted by molar-refractivity contribution is -0.148. The fraction of sp³-hybridized carbons (Fsp3) is 0.600. The molecule has 5 rings (SSSR count). The minimum atomic E-state index is -0.778. The summed E-state index contributed by atoms with van der Waals surface area (Å²) >= 11 is 0. The van der Waals surface area contributed by atoms with Gasteiger partial charge < -0.3 is 10.2 Å². The van der Waals surface area contributed by atoms with Gasteiger partial charge in [-0.2, -0.15) is 0 Å². The van der Waals surface area contributed by atoms with Crippen molar-refractivity contribution in [2.24, 2.45) is 22.9 Å². The van der Waals surface area contributed by atoms with Crippen molar-refractivity contribution in [1.82, 2.24) is 15.1 Å². The summed E-state index contributed by atoms with van der Waals surface area (Å²) in [5, 5.41) is 7.53. The molecule has 1 aromatic carbocycles. The highest BCUT2D eigenvalue weighted by Crippen LogP contribution is 2.48. The Bertz CT molecular complexity index is 1150. The number of fused-ring (bicyclic) bond motifs is 5. The summed E-state index contributed by atoms with van der Waals surface area (Å²) in [7, 11) is 0. The maximum atomic E-state index is 13.6. The maximum absolute atomic E-state index is 13.6. The second-order valence-electron chi connectivity index (χ2n) is 11.9. The van der Waals surface area contributed by atoms with Crippen molar-refractivity contribution in [2.75, 3.05) is 13.1 Å². The minimum absolute atomic E-state index is 0.0446. The van der Waals surface area contributed by atoms with Crippen molar-refractivity contribution < 1.29 is 19.2 Å². The Labute approximate surface area is 225 Å². The van der Waals surface area contributed by atoms with E-state index in [1.807, 2.05) is 17.1 Å². The minimum Gasteiger partial charge on any atom is -0.375 e. The Morgan fingerprint density at radius 2 is 1.71 bits per heavy atom. The first-order valence-electron chi connectivity index (χ1n) is 14.1. The second-order valence-corrected chi connectivity index (χ2v) is 11.9. The van der Waals surface area contributed by atoms with Crippen LogP contribution in [0.15, 0.2) is 41.6 Å². The number of nitrogens with one attached hydrogen (secondary N) is 1. The van der Waals surface area contributed by atoms with Gasteiger partial charge in [0.15, 0.2) is 6.23 Å². The summed E-state index contributed by atoms with van der Waals surface area (Å²) in [5.41, 5.74) is 3.04. The number of rotatable bonds is 8. The lowest BCUT2D eigenvalue weighted by atomic mass is 9.84. The number of imide groups is 1. The summed E-state index contributed by atoms with van der Waals surface area (Å²) in [5.74, 6) is -2.17. The molecule has 0 radical (unpaired) electrons. The number of unbranched alkanes of at least 4 members (excludes halogenated alkanes) is 3. The van der Waals surface area contributed by atoms with Crippen LogP contribution in [0.25, 0.3) is 0 Å². The molecule has 8 nitrogen and oxygen atoms in total. The summed E-state index contributed by atoms with van der Waals surface area (Å²) < 4.78 is 0. The standard InChI is InChI=1S/C30H40N4O4/c1-6-8-9-10-17-31-26(35)25-23-22(27(36)33(7-2)28(23)37)21-16-15-20-24(32-38-29(20)34(21)25)18-11-13-19(14-12-18)30(3,4)5/h11-16,20-23,25,29H,6-10,17H2,1-5H3,(H,31,35)/t20-,21?,22+,23+,25+,29+/m1/s1. The topological polar surface area (TPSA) is 91.3 Å². The first-order chi connectivity index (χ1) is 18.2. The average molecular weight is 521 g/mol. The van der Waals surface area contributed by atoms with Crippen LogP contribution in [0.3, 0.4) is 0 Å². The molecule has 1 unspecified atom stereocenters. The van der Waals surface area contributed by atoms with E-state index < -0.39 is 24.1 Å². The highest BCUT2D eigenvalue weighted by molar-refractivity contribution is 6.09. The third kappa shape index (κ3) is 4.36. The number of amides is 3. The number of oxime groups is 1. The predicted octanol–water partition coefficient (Wildman–Crippen LogP) is 3.60. The van der Waals surface area contributed by atoms with E-state index in [1.54, 1.807) is 6.92 Å². The van der Waals surface area contributed by atoms with Gasteiger partial charge in [0.25, 0.3) is 0 Å². The molecule has 2 saturated heterocycles. The molecule has 4 heterocycles. The van der Waals surface area contributed by atoms with Crippen molar-refractivity contribution >= 4 is 23.4 Å². The first-order valence-corrected chi connectivity index (χ1v) is 14.1. The third-order valence-electron chi connectivity index (χ3n) is 8.52. The summed E-state index contributed by atoms with van der Waals surface area (Å²) in [4.78, 5) is 49.6. The monoisotopic (exact) mass is 520 g/mol. The van der Waals surface area contributed by atoms with Gasteiger partial charge in [-0.25, -0.2) is 4.90 Å². The van der Waals surface area contributed by atoms with Gasteiger partial charge in [0.1, 0.15) is 6.04 Å². The van der Waals surface area contributed by atoms with Crippen LogP contribution in [0, 0.1) is 17.8 Å². The molecule has 0 spiro atoms. The molecule has 0 aromatic heterocycles. The smallest absolute Gasteiger partial charge is 0.238 e. The van der Waals surface area contributed by atoms with E-state index in [9.17, 15) is 14.4 Å². The molecule has 1 aromatic rings.